The Labute approximate surface area is 250 Å². The largest absolute Gasteiger partial charge is 0.358 e. The van der Waals surface area contributed by atoms with E-state index < -0.39 is 9.39 Å². The molecule has 4 heterocycles. The van der Waals surface area contributed by atoms with E-state index in [2.05, 4.69) is 78.6 Å². The Morgan fingerprint density at radius 3 is 2.65 bits per heavy atom. The van der Waals surface area contributed by atoms with Gasteiger partial charge in [0.25, 0.3) is 0 Å². The Balaban J connectivity index is 1.37. The molecule has 218 valence electrons. The molecule has 6 rings (SSSR count). The molecule has 0 fully saturated rings. The second-order valence-corrected chi connectivity index (χ2v) is 13.9. The number of hydrogen-bond acceptors (Lipinski definition) is 5. The van der Waals surface area contributed by atoms with Crippen LogP contribution >= 0.6 is 9.39 Å². The number of allylic oxidation sites excluding steroid dienone is 1. The van der Waals surface area contributed by atoms with E-state index >= 15 is 0 Å². The van der Waals surface area contributed by atoms with Crippen molar-refractivity contribution in [1.29, 1.82) is 0 Å². The summed E-state index contributed by atoms with van der Waals surface area (Å²) in [7, 11) is -1.42. The Morgan fingerprint density at radius 1 is 0.977 bits per heavy atom. The van der Waals surface area contributed by atoms with Crippen LogP contribution in [0.25, 0.3) is 55.6 Å². The van der Waals surface area contributed by atoms with Crippen LogP contribution in [0, 0.1) is 5.82 Å². The number of hydrogen-bond donors (Lipinski definition) is 4. The van der Waals surface area contributed by atoms with Gasteiger partial charge in [-0.3, -0.25) is 14.8 Å². The number of nitrogens with zero attached hydrogens (tertiary/aromatic N) is 3. The molecule has 0 saturated heterocycles. The summed E-state index contributed by atoms with van der Waals surface area (Å²) >= 11 is 0. The molecule has 4 aromatic heterocycles. The van der Waals surface area contributed by atoms with Gasteiger partial charge in [0.15, 0.2) is 0 Å². The van der Waals surface area contributed by atoms with Crippen molar-refractivity contribution in [2.75, 3.05) is 11.6 Å². The van der Waals surface area contributed by atoms with Gasteiger partial charge in [-0.05, 0) is 83.5 Å². The van der Waals surface area contributed by atoms with Crippen LogP contribution in [0.4, 0.5) is 10.1 Å². The van der Waals surface area contributed by atoms with Gasteiger partial charge < -0.3 is 10.3 Å². The molecule has 0 aliphatic heterocycles. The van der Waals surface area contributed by atoms with Crippen molar-refractivity contribution in [2.24, 2.45) is 0 Å². The molecule has 0 unspecified atom stereocenters. The first-order valence-electron chi connectivity index (χ1n) is 14.0. The molecule has 7 nitrogen and oxygen atoms in total. The van der Waals surface area contributed by atoms with Crippen molar-refractivity contribution in [3.63, 3.8) is 0 Å². The molecule has 0 spiro atoms. The van der Waals surface area contributed by atoms with Gasteiger partial charge in [0.05, 0.1) is 23.1 Å². The molecule has 4 N–H and O–H groups in total. The zero-order chi connectivity index (χ0) is 30.1. The molecule has 43 heavy (non-hydrogen) atoms. The van der Waals surface area contributed by atoms with Crippen molar-refractivity contribution < 1.29 is 4.39 Å². The molecular formula is C34H34FN7S. The van der Waals surface area contributed by atoms with E-state index in [0.717, 1.165) is 79.7 Å². The van der Waals surface area contributed by atoms with Crippen molar-refractivity contribution in [3.05, 3.63) is 96.8 Å². The molecule has 0 aliphatic rings. The Morgan fingerprint density at radius 2 is 1.84 bits per heavy atom. The van der Waals surface area contributed by atoms with Crippen molar-refractivity contribution in [2.45, 2.75) is 26.3 Å². The minimum Gasteiger partial charge on any atom is -0.358 e. The highest BCUT2D eigenvalue weighted by atomic mass is 32.2. The summed E-state index contributed by atoms with van der Waals surface area (Å²) in [6.45, 7) is 6.72. The normalized spacial score (nSPS) is 11.8. The predicted octanol–water partition coefficient (Wildman–Crippen LogP) is 8.00. The van der Waals surface area contributed by atoms with E-state index in [0.29, 0.717) is 12.2 Å². The number of pyridine rings is 2. The fourth-order valence-electron chi connectivity index (χ4n) is 5.21. The van der Waals surface area contributed by atoms with Crippen molar-refractivity contribution in [1.82, 2.24) is 29.9 Å². The number of rotatable bonds is 10. The van der Waals surface area contributed by atoms with Crippen LogP contribution in [0.1, 0.15) is 25.3 Å². The summed E-state index contributed by atoms with van der Waals surface area (Å²) in [5, 5.41) is 13.0. The molecule has 0 bridgehead atoms. The first-order chi connectivity index (χ1) is 20.7. The fourth-order valence-corrected chi connectivity index (χ4v) is 5.72. The van der Waals surface area contributed by atoms with E-state index in [4.69, 9.17) is 0 Å². The number of anilines is 1. The topological polar surface area (TPSA) is 94.3 Å². The summed E-state index contributed by atoms with van der Waals surface area (Å²) < 4.78 is 18.0. The fraction of sp³-hybridized carbons (Fsp3) is 0.147. The number of H-pyrrole nitrogens is 2. The minimum absolute atomic E-state index is 0.297. The first kappa shape index (κ1) is 28.4. The lowest BCUT2D eigenvalue weighted by Gasteiger charge is -2.12. The van der Waals surface area contributed by atoms with Crippen LogP contribution in [-0.4, -0.2) is 43.1 Å². The lowest BCUT2D eigenvalue weighted by molar-refractivity contribution is 0.625. The monoisotopic (exact) mass is 591 g/mol. The summed E-state index contributed by atoms with van der Waals surface area (Å²) in [5.74, 6) is 7.82. The smallest absolute Gasteiger partial charge is 0.138 e. The number of aromatic amines is 2. The number of fused-ring (bicyclic) bond motifs is 2. The summed E-state index contributed by atoms with van der Waals surface area (Å²) in [6.07, 6.45) is 9.28. The highest BCUT2D eigenvalue weighted by molar-refractivity contribution is 8.25. The summed E-state index contributed by atoms with van der Waals surface area (Å²) in [5.41, 5.74) is 9.56. The van der Waals surface area contributed by atoms with E-state index in [9.17, 15) is 4.39 Å². The number of benzene rings is 2. The zero-order valence-corrected chi connectivity index (χ0v) is 25.1. The standard InChI is InChI=1S/C34H34FN7S/c1-6-7-21(2)39-27-15-25(19-36-20-27)23-8-9-31-30(16-23)33(42-41-31)32-17-29-28(10-11-37-34(29)40-32)24-12-22(13-26(35)14-24)18-38-43(3,4)5/h8-17,19-20,38-39H,2-4,6-7,18H2,1,5H3,(H,37,40)(H,41,42). The SMILES string of the molecule is C=C(CCC)Nc1cncc(-c2ccc3[nH]nc(-c4cc5c(-c6cc(F)cc(CNS(=C)(=C)C)c6)ccnc5[nH]4)c3c2)c1. The van der Waals surface area contributed by atoms with Gasteiger partial charge in [-0.2, -0.15) is 14.5 Å². The Kier molecular flexibility index (Phi) is 7.60. The zero-order valence-electron chi connectivity index (χ0n) is 24.3. The lowest BCUT2D eigenvalue weighted by Crippen LogP contribution is -2.08. The quantitative estimate of drug-likeness (QED) is 0.121. The molecule has 0 radical (unpaired) electrons. The maximum atomic E-state index is 14.7. The average molecular weight is 592 g/mol. The van der Waals surface area contributed by atoms with E-state index in [1.807, 2.05) is 36.7 Å². The van der Waals surface area contributed by atoms with E-state index in [-0.39, 0.29) is 5.82 Å². The molecule has 0 amide bonds. The van der Waals surface area contributed by atoms with Gasteiger partial charge in [0.1, 0.15) is 17.2 Å². The molecule has 0 aliphatic carbocycles. The van der Waals surface area contributed by atoms with Crippen molar-refractivity contribution in [3.8, 4) is 33.6 Å². The van der Waals surface area contributed by atoms with Crippen LogP contribution < -0.4 is 10.0 Å². The van der Waals surface area contributed by atoms with Crippen molar-refractivity contribution >= 4 is 48.8 Å². The number of nitrogens with one attached hydrogen (secondary N) is 4. The van der Waals surface area contributed by atoms with Gasteiger partial charge in [-0.25, -0.2) is 9.37 Å². The molecule has 6 aromatic rings. The predicted molar refractivity (Wildman–Crippen MR) is 182 cm³/mol. The van der Waals surface area contributed by atoms with Gasteiger partial charge in [-0.15, -0.1) is 0 Å². The molecule has 2 aromatic carbocycles. The summed E-state index contributed by atoms with van der Waals surface area (Å²) in [6, 6.07) is 17.3. The third kappa shape index (κ3) is 6.23. The molecular weight excluding hydrogens is 557 g/mol. The molecule has 9 heteroatoms. The average Bonchev–Trinajstić information content (AvgIpc) is 3.59. The van der Waals surface area contributed by atoms with Gasteiger partial charge >= 0.3 is 0 Å². The highest BCUT2D eigenvalue weighted by Crippen LogP contribution is 2.35. The third-order valence-electron chi connectivity index (χ3n) is 7.19. The van der Waals surface area contributed by atoms with Crippen LogP contribution in [-0.2, 0) is 6.54 Å². The maximum Gasteiger partial charge on any atom is 0.138 e. The van der Waals surface area contributed by atoms with E-state index in [1.54, 1.807) is 24.5 Å². The van der Waals surface area contributed by atoms with Crippen LogP contribution in [0.5, 0.6) is 0 Å². The maximum absolute atomic E-state index is 14.7. The molecule has 0 atom stereocenters. The van der Waals surface area contributed by atoms with Crippen LogP contribution in [0.15, 0.2) is 85.5 Å². The van der Waals surface area contributed by atoms with Gasteiger partial charge in [-0.1, -0.05) is 37.7 Å². The second-order valence-electron chi connectivity index (χ2n) is 11.0. The number of halogens is 1. The lowest BCUT2D eigenvalue weighted by atomic mass is 10.0. The van der Waals surface area contributed by atoms with Crippen LogP contribution in [0.2, 0.25) is 0 Å². The van der Waals surface area contributed by atoms with Crippen LogP contribution in [0.3, 0.4) is 0 Å². The van der Waals surface area contributed by atoms with Gasteiger partial charge in [0.2, 0.25) is 0 Å². The minimum atomic E-state index is -1.42. The second kappa shape index (κ2) is 11.5. The first-order valence-corrected chi connectivity index (χ1v) is 16.4. The summed E-state index contributed by atoms with van der Waals surface area (Å²) in [4.78, 5) is 12.4. The molecule has 0 saturated carbocycles. The Hall–Kier alpha value is -4.73. The third-order valence-corrected chi connectivity index (χ3v) is 8.03. The Bertz CT molecular complexity index is 2090. The highest BCUT2D eigenvalue weighted by Gasteiger charge is 2.16. The number of aromatic nitrogens is 5. The van der Waals surface area contributed by atoms with E-state index in [1.165, 1.54) is 0 Å². The van der Waals surface area contributed by atoms with Gasteiger partial charge in [0, 0.05) is 41.0 Å².